The molecule has 0 aromatic heterocycles. The van der Waals surface area contributed by atoms with E-state index >= 15 is 0 Å². The first kappa shape index (κ1) is 19.0. The minimum absolute atomic E-state index is 0.150. The van der Waals surface area contributed by atoms with Gasteiger partial charge in [0, 0.05) is 44.4 Å². The summed E-state index contributed by atoms with van der Waals surface area (Å²) in [5, 5.41) is 5.32. The second-order valence-corrected chi connectivity index (χ2v) is 5.90. The quantitative estimate of drug-likeness (QED) is 0.785. The van der Waals surface area contributed by atoms with Crippen LogP contribution in [0.5, 0.6) is 0 Å². The maximum Gasteiger partial charge on any atom is 0.407 e. The van der Waals surface area contributed by atoms with Gasteiger partial charge in [-0.3, -0.25) is 4.79 Å². The predicted octanol–water partition coefficient (Wildman–Crippen LogP) is 2.04. The SMILES string of the molecule is CCOC(=O)NCCC(=O)NCC1CCN(c2ccc(F)c(F)c2)C1. The van der Waals surface area contributed by atoms with E-state index in [0.717, 1.165) is 19.0 Å². The van der Waals surface area contributed by atoms with E-state index in [1.807, 2.05) is 4.90 Å². The summed E-state index contributed by atoms with van der Waals surface area (Å²) in [7, 11) is 0. The number of nitrogens with zero attached hydrogens (tertiary/aromatic N) is 1. The zero-order valence-electron chi connectivity index (χ0n) is 14.2. The van der Waals surface area contributed by atoms with E-state index in [1.165, 1.54) is 6.07 Å². The van der Waals surface area contributed by atoms with Gasteiger partial charge in [0.15, 0.2) is 11.6 Å². The third-order valence-electron chi connectivity index (χ3n) is 4.04. The minimum atomic E-state index is -0.858. The predicted molar refractivity (Wildman–Crippen MR) is 89.3 cm³/mol. The Morgan fingerprint density at radius 2 is 2.08 bits per heavy atom. The molecule has 0 spiro atoms. The summed E-state index contributed by atoms with van der Waals surface area (Å²) in [6.45, 7) is 4.13. The number of hydrogen-bond donors (Lipinski definition) is 2. The van der Waals surface area contributed by atoms with Gasteiger partial charge in [-0.1, -0.05) is 0 Å². The van der Waals surface area contributed by atoms with Crippen molar-refractivity contribution in [2.75, 3.05) is 37.7 Å². The second-order valence-electron chi connectivity index (χ2n) is 5.90. The standard InChI is InChI=1S/C17H23F2N3O3/c1-2-25-17(24)20-7-5-16(23)21-10-12-6-8-22(11-12)13-3-4-14(18)15(19)9-13/h3-4,9,12H,2,5-8,10-11H2,1H3,(H,20,24)(H,21,23). The van der Waals surface area contributed by atoms with Crippen molar-refractivity contribution in [1.82, 2.24) is 10.6 Å². The molecule has 0 aliphatic carbocycles. The number of anilines is 1. The molecule has 1 aliphatic heterocycles. The lowest BCUT2D eigenvalue weighted by Gasteiger charge is -2.19. The second kappa shape index (κ2) is 9.19. The van der Waals surface area contributed by atoms with Crippen LogP contribution in [0.25, 0.3) is 0 Å². The average Bonchev–Trinajstić information content (AvgIpc) is 3.05. The third-order valence-corrected chi connectivity index (χ3v) is 4.04. The monoisotopic (exact) mass is 355 g/mol. The lowest BCUT2D eigenvalue weighted by atomic mass is 10.1. The maximum atomic E-state index is 13.3. The highest BCUT2D eigenvalue weighted by Gasteiger charge is 2.23. The molecule has 1 atom stereocenters. The minimum Gasteiger partial charge on any atom is -0.450 e. The first-order valence-corrected chi connectivity index (χ1v) is 8.37. The molecule has 2 rings (SSSR count). The van der Waals surface area contributed by atoms with Gasteiger partial charge in [0.25, 0.3) is 0 Å². The van der Waals surface area contributed by atoms with Crippen LogP contribution in [0.2, 0.25) is 0 Å². The number of benzene rings is 1. The Kier molecular flexibility index (Phi) is 6.97. The molecule has 1 aliphatic rings. The number of carbonyl (C=O) groups excluding carboxylic acids is 2. The smallest absolute Gasteiger partial charge is 0.407 e. The Balaban J connectivity index is 1.68. The molecule has 0 bridgehead atoms. The summed E-state index contributed by atoms with van der Waals surface area (Å²) in [4.78, 5) is 24.8. The molecule has 2 N–H and O–H groups in total. The van der Waals surface area contributed by atoms with E-state index in [0.29, 0.717) is 18.8 Å². The van der Waals surface area contributed by atoms with Crippen molar-refractivity contribution in [2.45, 2.75) is 19.8 Å². The molecule has 0 radical (unpaired) electrons. The van der Waals surface area contributed by atoms with Crippen LogP contribution in [0.15, 0.2) is 18.2 Å². The van der Waals surface area contributed by atoms with Crippen LogP contribution < -0.4 is 15.5 Å². The van der Waals surface area contributed by atoms with Gasteiger partial charge in [0.05, 0.1) is 6.61 Å². The average molecular weight is 355 g/mol. The summed E-state index contributed by atoms with van der Waals surface area (Å²) in [5.41, 5.74) is 0.645. The number of rotatable bonds is 7. The Morgan fingerprint density at radius 1 is 1.28 bits per heavy atom. The van der Waals surface area contributed by atoms with Crippen molar-refractivity contribution in [3.8, 4) is 0 Å². The van der Waals surface area contributed by atoms with E-state index in [2.05, 4.69) is 10.6 Å². The number of carbonyl (C=O) groups is 2. The molecule has 1 aromatic rings. The maximum absolute atomic E-state index is 13.3. The van der Waals surface area contributed by atoms with E-state index in [9.17, 15) is 18.4 Å². The van der Waals surface area contributed by atoms with Crippen molar-refractivity contribution >= 4 is 17.7 Å². The molecule has 25 heavy (non-hydrogen) atoms. The van der Waals surface area contributed by atoms with Gasteiger partial charge >= 0.3 is 6.09 Å². The first-order chi connectivity index (χ1) is 12.0. The number of alkyl carbamates (subject to hydrolysis) is 1. The van der Waals surface area contributed by atoms with Crippen LogP contribution in [-0.4, -0.2) is 44.8 Å². The zero-order chi connectivity index (χ0) is 18.2. The highest BCUT2D eigenvalue weighted by Crippen LogP contribution is 2.24. The highest BCUT2D eigenvalue weighted by molar-refractivity contribution is 5.77. The van der Waals surface area contributed by atoms with Crippen LogP contribution in [-0.2, 0) is 9.53 Å². The summed E-state index contributed by atoms with van der Waals surface area (Å²) in [6.07, 6.45) is 0.506. The molecular formula is C17H23F2N3O3. The summed E-state index contributed by atoms with van der Waals surface area (Å²) >= 11 is 0. The number of ether oxygens (including phenoxy) is 1. The van der Waals surface area contributed by atoms with Crippen LogP contribution in [0.3, 0.4) is 0 Å². The van der Waals surface area contributed by atoms with Crippen LogP contribution in [0, 0.1) is 17.6 Å². The molecule has 1 saturated heterocycles. The fourth-order valence-corrected chi connectivity index (χ4v) is 2.72. The van der Waals surface area contributed by atoms with E-state index in [1.54, 1.807) is 13.0 Å². The first-order valence-electron chi connectivity index (χ1n) is 8.37. The number of nitrogens with one attached hydrogen (secondary N) is 2. The summed E-state index contributed by atoms with van der Waals surface area (Å²) in [5.74, 6) is -1.62. The fraction of sp³-hybridized carbons (Fsp3) is 0.529. The molecule has 6 nitrogen and oxygen atoms in total. The Hall–Kier alpha value is -2.38. The summed E-state index contributed by atoms with van der Waals surface area (Å²) in [6, 6.07) is 3.87. The normalized spacial score (nSPS) is 16.6. The highest BCUT2D eigenvalue weighted by atomic mass is 19.2. The molecular weight excluding hydrogens is 332 g/mol. The van der Waals surface area contributed by atoms with Crippen LogP contribution in [0.1, 0.15) is 19.8 Å². The van der Waals surface area contributed by atoms with E-state index in [-0.39, 0.29) is 31.4 Å². The zero-order valence-corrected chi connectivity index (χ0v) is 14.2. The molecule has 1 heterocycles. The van der Waals surface area contributed by atoms with Crippen LogP contribution in [0.4, 0.5) is 19.3 Å². The van der Waals surface area contributed by atoms with Crippen molar-refractivity contribution < 1.29 is 23.1 Å². The van der Waals surface area contributed by atoms with Gasteiger partial charge in [-0.25, -0.2) is 13.6 Å². The number of amides is 2. The van der Waals surface area contributed by atoms with Crippen molar-refractivity contribution in [1.29, 1.82) is 0 Å². The van der Waals surface area contributed by atoms with Crippen molar-refractivity contribution in [3.05, 3.63) is 29.8 Å². The lowest BCUT2D eigenvalue weighted by molar-refractivity contribution is -0.121. The van der Waals surface area contributed by atoms with Gasteiger partial charge < -0.3 is 20.3 Å². The molecule has 1 fully saturated rings. The fourth-order valence-electron chi connectivity index (χ4n) is 2.72. The Bertz CT molecular complexity index is 613. The Morgan fingerprint density at radius 3 is 2.80 bits per heavy atom. The lowest BCUT2D eigenvalue weighted by Crippen LogP contribution is -2.34. The van der Waals surface area contributed by atoms with Gasteiger partial charge in [0.1, 0.15) is 0 Å². The molecule has 2 amide bonds. The van der Waals surface area contributed by atoms with Crippen LogP contribution >= 0.6 is 0 Å². The van der Waals surface area contributed by atoms with Crippen molar-refractivity contribution in [3.63, 3.8) is 0 Å². The van der Waals surface area contributed by atoms with E-state index in [4.69, 9.17) is 4.74 Å². The molecule has 0 saturated carbocycles. The topological polar surface area (TPSA) is 70.7 Å². The van der Waals surface area contributed by atoms with Gasteiger partial charge in [-0.15, -0.1) is 0 Å². The third kappa shape index (κ3) is 5.88. The largest absolute Gasteiger partial charge is 0.450 e. The molecule has 1 aromatic carbocycles. The Labute approximate surface area is 145 Å². The molecule has 138 valence electrons. The number of halogens is 2. The number of hydrogen-bond acceptors (Lipinski definition) is 4. The summed E-state index contributed by atoms with van der Waals surface area (Å²) < 4.78 is 31.0. The van der Waals surface area contributed by atoms with Crippen molar-refractivity contribution in [2.24, 2.45) is 5.92 Å². The van der Waals surface area contributed by atoms with E-state index < -0.39 is 17.7 Å². The van der Waals surface area contributed by atoms with Gasteiger partial charge in [-0.2, -0.15) is 0 Å². The molecule has 8 heteroatoms. The van der Waals surface area contributed by atoms with Gasteiger partial charge in [-0.05, 0) is 31.4 Å². The molecule has 1 unspecified atom stereocenters. The van der Waals surface area contributed by atoms with Gasteiger partial charge in [0.2, 0.25) is 5.91 Å².